The van der Waals surface area contributed by atoms with Crippen molar-refractivity contribution in [2.24, 2.45) is 0 Å². The third kappa shape index (κ3) is 3.51. The van der Waals surface area contributed by atoms with E-state index < -0.39 is 17.5 Å². The number of hydrogen-bond donors (Lipinski definition) is 1. The van der Waals surface area contributed by atoms with Gasteiger partial charge in [0.1, 0.15) is 25.3 Å². The number of carbonyl (C=O) groups is 3. The Balaban J connectivity index is 1.40. The molecule has 1 saturated heterocycles. The van der Waals surface area contributed by atoms with Crippen LogP contribution in [0.15, 0.2) is 60.7 Å². The van der Waals surface area contributed by atoms with E-state index in [1.54, 1.807) is 30.0 Å². The van der Waals surface area contributed by atoms with Crippen LogP contribution in [0.1, 0.15) is 19.4 Å². The Morgan fingerprint density at radius 2 is 1.76 bits per heavy atom. The summed E-state index contributed by atoms with van der Waals surface area (Å²) in [5, 5.41) is 4.69. The predicted molar refractivity (Wildman–Crippen MR) is 127 cm³/mol. The molecule has 3 aromatic carbocycles. The highest BCUT2D eigenvalue weighted by Crippen LogP contribution is 2.37. The van der Waals surface area contributed by atoms with Gasteiger partial charge in [-0.3, -0.25) is 14.5 Å². The summed E-state index contributed by atoms with van der Waals surface area (Å²) in [6.45, 7) is 4.41. The van der Waals surface area contributed by atoms with E-state index in [4.69, 9.17) is 9.47 Å². The standard InChI is InChI=1S/C26H25N3O5/c1-3-28(20-10-6-8-17-7-4-5-9-19(17)20)23(30)16-29-24(31)26(2,27-25(29)32)18-11-12-21-22(15-18)34-14-13-33-21/h4-12,15H,3,13-14,16H2,1-2H3,(H,27,32). The van der Waals surface area contributed by atoms with Crippen LogP contribution in [0.3, 0.4) is 0 Å². The molecule has 8 heteroatoms. The highest BCUT2D eigenvalue weighted by Gasteiger charge is 2.50. The lowest BCUT2D eigenvalue weighted by atomic mass is 9.91. The van der Waals surface area contributed by atoms with Gasteiger partial charge in [-0.2, -0.15) is 0 Å². The SMILES string of the molecule is CCN(C(=O)CN1C(=O)NC(C)(c2ccc3c(c2)OCCO3)C1=O)c1cccc2ccccc12. The molecule has 34 heavy (non-hydrogen) atoms. The average Bonchev–Trinajstić information content (AvgIpc) is 3.08. The summed E-state index contributed by atoms with van der Waals surface area (Å²) >= 11 is 0. The Bertz CT molecular complexity index is 1300. The third-order valence-corrected chi connectivity index (χ3v) is 6.36. The Morgan fingerprint density at radius 1 is 1.03 bits per heavy atom. The van der Waals surface area contributed by atoms with Crippen molar-refractivity contribution in [2.45, 2.75) is 19.4 Å². The zero-order valence-corrected chi connectivity index (χ0v) is 19.0. The van der Waals surface area contributed by atoms with E-state index in [-0.39, 0.29) is 12.5 Å². The number of hydrogen-bond acceptors (Lipinski definition) is 5. The highest BCUT2D eigenvalue weighted by molar-refractivity contribution is 6.11. The van der Waals surface area contributed by atoms with Gasteiger partial charge in [-0.25, -0.2) is 4.79 Å². The van der Waals surface area contributed by atoms with Gasteiger partial charge in [0.05, 0.1) is 5.69 Å². The number of anilines is 1. The molecule has 2 heterocycles. The second kappa shape index (κ2) is 8.37. The number of ether oxygens (including phenoxy) is 2. The number of fused-ring (bicyclic) bond motifs is 2. The van der Waals surface area contributed by atoms with Gasteiger partial charge < -0.3 is 19.7 Å². The molecule has 1 atom stereocenters. The van der Waals surface area contributed by atoms with Gasteiger partial charge in [0.2, 0.25) is 5.91 Å². The molecule has 4 amide bonds. The fourth-order valence-corrected chi connectivity index (χ4v) is 4.54. The smallest absolute Gasteiger partial charge is 0.325 e. The van der Waals surface area contributed by atoms with E-state index >= 15 is 0 Å². The van der Waals surface area contributed by atoms with Crippen LogP contribution in [-0.4, -0.2) is 49.0 Å². The molecule has 1 N–H and O–H groups in total. The maximum atomic E-state index is 13.4. The van der Waals surface area contributed by atoms with Crippen LogP contribution in [0.5, 0.6) is 11.5 Å². The molecule has 0 bridgehead atoms. The topological polar surface area (TPSA) is 88.2 Å². The van der Waals surface area contributed by atoms with Gasteiger partial charge in [0.25, 0.3) is 5.91 Å². The van der Waals surface area contributed by atoms with Gasteiger partial charge in [0.15, 0.2) is 11.5 Å². The van der Waals surface area contributed by atoms with Crippen molar-refractivity contribution in [2.75, 3.05) is 31.2 Å². The summed E-state index contributed by atoms with van der Waals surface area (Å²) < 4.78 is 11.2. The van der Waals surface area contributed by atoms with Crippen molar-refractivity contribution in [3.05, 3.63) is 66.2 Å². The maximum Gasteiger partial charge on any atom is 0.325 e. The molecule has 8 nitrogen and oxygen atoms in total. The molecule has 2 aliphatic heterocycles. The summed E-state index contributed by atoms with van der Waals surface area (Å²) in [7, 11) is 0. The number of nitrogens with one attached hydrogen (secondary N) is 1. The number of rotatable bonds is 5. The fourth-order valence-electron chi connectivity index (χ4n) is 4.54. The minimum absolute atomic E-state index is 0.339. The molecule has 1 unspecified atom stereocenters. The van der Waals surface area contributed by atoms with Crippen LogP contribution in [0, 0.1) is 0 Å². The summed E-state index contributed by atoms with van der Waals surface area (Å²) in [5.41, 5.74) is -0.0114. The van der Waals surface area contributed by atoms with Gasteiger partial charge in [-0.05, 0) is 43.0 Å². The molecule has 3 aromatic rings. The largest absolute Gasteiger partial charge is 0.486 e. The molecule has 1 fully saturated rings. The Kier molecular flexibility index (Phi) is 5.36. The Morgan fingerprint density at radius 3 is 2.56 bits per heavy atom. The zero-order valence-electron chi connectivity index (χ0n) is 19.0. The van der Waals surface area contributed by atoms with Crippen molar-refractivity contribution in [1.82, 2.24) is 10.2 Å². The van der Waals surface area contributed by atoms with E-state index in [1.807, 2.05) is 49.4 Å². The lowest BCUT2D eigenvalue weighted by molar-refractivity contribution is -0.134. The summed E-state index contributed by atoms with van der Waals surface area (Å²) in [6, 6.07) is 18.1. The number of urea groups is 1. The summed E-state index contributed by atoms with van der Waals surface area (Å²) in [5.74, 6) is 0.288. The van der Waals surface area contributed by atoms with Crippen LogP contribution >= 0.6 is 0 Å². The third-order valence-electron chi connectivity index (χ3n) is 6.36. The first-order valence-electron chi connectivity index (χ1n) is 11.2. The number of carbonyl (C=O) groups excluding carboxylic acids is 3. The zero-order chi connectivity index (χ0) is 23.9. The summed E-state index contributed by atoms with van der Waals surface area (Å²) in [6.07, 6.45) is 0. The predicted octanol–water partition coefficient (Wildman–Crippen LogP) is 3.43. The lowest BCUT2D eigenvalue weighted by Crippen LogP contribution is -2.44. The minimum atomic E-state index is -1.32. The molecule has 5 rings (SSSR count). The lowest BCUT2D eigenvalue weighted by Gasteiger charge is -2.26. The van der Waals surface area contributed by atoms with Crippen LogP contribution in [-0.2, 0) is 15.1 Å². The normalized spacial score (nSPS) is 19.3. The van der Waals surface area contributed by atoms with Gasteiger partial charge >= 0.3 is 6.03 Å². The van der Waals surface area contributed by atoms with Crippen LogP contribution in [0.4, 0.5) is 10.5 Å². The van der Waals surface area contributed by atoms with E-state index in [9.17, 15) is 14.4 Å². The van der Waals surface area contributed by atoms with Crippen molar-refractivity contribution < 1.29 is 23.9 Å². The molecule has 0 radical (unpaired) electrons. The molecule has 0 aromatic heterocycles. The van der Waals surface area contributed by atoms with E-state index in [1.165, 1.54) is 0 Å². The molecular weight excluding hydrogens is 434 g/mol. The average molecular weight is 460 g/mol. The van der Waals surface area contributed by atoms with Gasteiger partial charge in [-0.1, -0.05) is 42.5 Å². The quantitative estimate of drug-likeness (QED) is 0.591. The highest BCUT2D eigenvalue weighted by atomic mass is 16.6. The first kappa shape index (κ1) is 21.8. The Labute approximate surface area is 197 Å². The van der Waals surface area contributed by atoms with E-state index in [0.717, 1.165) is 21.4 Å². The van der Waals surface area contributed by atoms with Crippen molar-refractivity contribution in [1.29, 1.82) is 0 Å². The second-order valence-electron chi connectivity index (χ2n) is 8.44. The number of nitrogens with zero attached hydrogens (tertiary/aromatic N) is 2. The van der Waals surface area contributed by atoms with Crippen molar-refractivity contribution in [3.63, 3.8) is 0 Å². The monoisotopic (exact) mass is 459 g/mol. The maximum absolute atomic E-state index is 13.4. The van der Waals surface area contributed by atoms with E-state index in [0.29, 0.717) is 36.8 Å². The van der Waals surface area contributed by atoms with Crippen LogP contribution in [0.25, 0.3) is 10.8 Å². The molecule has 0 aliphatic carbocycles. The van der Waals surface area contributed by atoms with Crippen LogP contribution < -0.4 is 19.7 Å². The van der Waals surface area contributed by atoms with Gasteiger partial charge in [0, 0.05) is 11.9 Å². The molecule has 0 saturated carbocycles. The molecule has 0 spiro atoms. The number of benzene rings is 3. The molecule has 174 valence electrons. The van der Waals surface area contributed by atoms with Crippen molar-refractivity contribution in [3.8, 4) is 11.5 Å². The number of amides is 4. The first-order valence-corrected chi connectivity index (χ1v) is 11.2. The van der Waals surface area contributed by atoms with E-state index in [2.05, 4.69) is 5.32 Å². The van der Waals surface area contributed by atoms with Crippen LogP contribution in [0.2, 0.25) is 0 Å². The minimum Gasteiger partial charge on any atom is -0.486 e. The Hall–Kier alpha value is -4.07. The molecule has 2 aliphatic rings. The summed E-state index contributed by atoms with van der Waals surface area (Å²) in [4.78, 5) is 42.1. The van der Waals surface area contributed by atoms with Gasteiger partial charge in [-0.15, -0.1) is 0 Å². The van der Waals surface area contributed by atoms with Crippen molar-refractivity contribution >= 4 is 34.3 Å². The fraction of sp³-hybridized carbons (Fsp3) is 0.269. The molecular formula is C26H25N3O5. The second-order valence-corrected chi connectivity index (χ2v) is 8.44. The number of imide groups is 1. The first-order chi connectivity index (χ1) is 16.4. The number of likely N-dealkylation sites (N-methyl/N-ethyl adjacent to an activating group) is 1.